The number of nitrogens with two attached hydrogens (primary N) is 1. The largest absolute Gasteiger partial charge is 0.369 e. The predicted molar refractivity (Wildman–Crippen MR) is 134 cm³/mol. The molecular weight excluding hydrogens is 426 g/mol. The minimum atomic E-state index is -0.910. The molecule has 3 amide bonds. The minimum absolute atomic E-state index is 0.0170. The Balaban J connectivity index is 1.41. The average Bonchev–Trinajstić information content (AvgIpc) is 2.87. The number of carbonyl (C=O) groups excluding carboxylic acids is 2. The number of likely N-dealkylation sites (N-methyl/N-ethyl adjacent to an activating group) is 1. The zero-order valence-electron chi connectivity index (χ0n) is 20.2. The lowest BCUT2D eigenvalue weighted by atomic mass is 9.62. The number of likely N-dealkylation sites (tertiary alicyclic amines) is 1. The quantitative estimate of drug-likeness (QED) is 0.659. The van der Waals surface area contributed by atoms with Gasteiger partial charge in [-0.3, -0.25) is 9.69 Å². The fourth-order valence-electron chi connectivity index (χ4n) is 5.55. The smallest absolute Gasteiger partial charge is 0.317 e. The molecule has 0 atom stereocenters. The second-order valence-corrected chi connectivity index (χ2v) is 9.54. The molecule has 0 aliphatic carbocycles. The van der Waals surface area contributed by atoms with E-state index in [1.54, 1.807) is 0 Å². The fraction of sp³-hybridized carbons (Fsp3) is 0.481. The molecule has 0 aromatic heterocycles. The lowest BCUT2D eigenvalue weighted by Crippen LogP contribution is -2.54. The first-order valence-corrected chi connectivity index (χ1v) is 12.4. The number of hydrogen-bond donors (Lipinski definition) is 2. The van der Waals surface area contributed by atoms with Gasteiger partial charge < -0.3 is 20.9 Å². The first-order valence-electron chi connectivity index (χ1n) is 12.4. The van der Waals surface area contributed by atoms with E-state index in [-0.39, 0.29) is 17.9 Å². The molecule has 2 aromatic rings. The van der Waals surface area contributed by atoms with Crippen LogP contribution in [0.5, 0.6) is 0 Å². The molecule has 0 spiro atoms. The summed E-state index contributed by atoms with van der Waals surface area (Å²) in [5.41, 5.74) is 7.10. The third kappa shape index (κ3) is 5.10. The molecule has 2 fully saturated rings. The number of urea groups is 1. The molecule has 34 heavy (non-hydrogen) atoms. The maximum atomic E-state index is 13.2. The van der Waals surface area contributed by atoms with Crippen molar-refractivity contribution in [2.24, 2.45) is 11.7 Å². The molecule has 0 unspecified atom stereocenters. The van der Waals surface area contributed by atoms with Gasteiger partial charge in [0.2, 0.25) is 5.91 Å². The Morgan fingerprint density at radius 1 is 0.882 bits per heavy atom. The average molecular weight is 464 g/mol. The van der Waals surface area contributed by atoms with Gasteiger partial charge in [0, 0.05) is 52.4 Å². The summed E-state index contributed by atoms with van der Waals surface area (Å²) >= 11 is 0. The summed E-state index contributed by atoms with van der Waals surface area (Å²) in [4.78, 5) is 32.6. The number of carbonyl (C=O) groups is 2. The van der Waals surface area contributed by atoms with Crippen molar-refractivity contribution in [3.8, 4) is 0 Å². The Hall–Kier alpha value is -2.90. The summed E-state index contributed by atoms with van der Waals surface area (Å²) in [7, 11) is 2.14. The topological polar surface area (TPSA) is 81.9 Å². The van der Waals surface area contributed by atoms with E-state index in [0.29, 0.717) is 19.6 Å². The van der Waals surface area contributed by atoms with E-state index in [9.17, 15) is 9.59 Å². The first-order chi connectivity index (χ1) is 16.5. The van der Waals surface area contributed by atoms with Crippen LogP contribution >= 0.6 is 0 Å². The number of hydrogen-bond acceptors (Lipinski definition) is 4. The van der Waals surface area contributed by atoms with E-state index in [1.165, 1.54) is 0 Å². The molecule has 182 valence electrons. The monoisotopic (exact) mass is 463 g/mol. The van der Waals surface area contributed by atoms with E-state index < -0.39 is 5.41 Å². The number of nitrogens with one attached hydrogen (secondary N) is 1. The third-order valence-electron chi connectivity index (χ3n) is 7.54. The van der Waals surface area contributed by atoms with Crippen molar-refractivity contribution >= 4 is 11.9 Å². The van der Waals surface area contributed by atoms with Gasteiger partial charge in [0.1, 0.15) is 5.41 Å². The zero-order chi connectivity index (χ0) is 24.0. The number of amides is 3. The Morgan fingerprint density at radius 3 is 1.91 bits per heavy atom. The molecule has 2 aliphatic rings. The van der Waals surface area contributed by atoms with Gasteiger partial charge >= 0.3 is 6.03 Å². The minimum Gasteiger partial charge on any atom is -0.369 e. The van der Waals surface area contributed by atoms with Gasteiger partial charge in [0.15, 0.2) is 0 Å². The first kappa shape index (κ1) is 24.2. The maximum Gasteiger partial charge on any atom is 0.317 e. The van der Waals surface area contributed by atoms with E-state index in [0.717, 1.165) is 56.7 Å². The molecule has 7 nitrogen and oxygen atoms in total. The summed E-state index contributed by atoms with van der Waals surface area (Å²) in [6, 6.07) is 19.7. The van der Waals surface area contributed by atoms with Crippen LogP contribution in [-0.2, 0) is 10.2 Å². The predicted octanol–water partition coefficient (Wildman–Crippen LogP) is 2.13. The number of primary amides is 1. The summed E-state index contributed by atoms with van der Waals surface area (Å²) in [5, 5.41) is 3.09. The molecule has 2 saturated heterocycles. The second kappa shape index (κ2) is 11.0. The molecule has 0 radical (unpaired) electrons. The van der Waals surface area contributed by atoms with E-state index in [4.69, 9.17) is 5.73 Å². The molecular formula is C27H37N5O2. The van der Waals surface area contributed by atoms with Crippen LogP contribution in [0, 0.1) is 5.92 Å². The number of piperazine rings is 1. The molecule has 0 saturated carbocycles. The molecule has 2 aromatic carbocycles. The van der Waals surface area contributed by atoms with Gasteiger partial charge in [0.25, 0.3) is 0 Å². The van der Waals surface area contributed by atoms with Crippen molar-refractivity contribution in [2.75, 3.05) is 59.4 Å². The van der Waals surface area contributed by atoms with Crippen LogP contribution in [0.4, 0.5) is 4.79 Å². The normalized spacial score (nSPS) is 18.6. The number of nitrogens with zero attached hydrogens (tertiary/aromatic N) is 3. The van der Waals surface area contributed by atoms with Crippen molar-refractivity contribution < 1.29 is 9.59 Å². The molecule has 2 aliphatic heterocycles. The highest BCUT2D eigenvalue weighted by Crippen LogP contribution is 2.44. The van der Waals surface area contributed by atoms with Crippen molar-refractivity contribution in [3.05, 3.63) is 71.8 Å². The van der Waals surface area contributed by atoms with Crippen LogP contribution in [0.15, 0.2) is 60.7 Å². The summed E-state index contributed by atoms with van der Waals surface area (Å²) in [5.74, 6) is -0.316. The summed E-state index contributed by atoms with van der Waals surface area (Å²) in [6.07, 6.45) is 1.44. The molecule has 2 heterocycles. The summed E-state index contributed by atoms with van der Waals surface area (Å²) in [6.45, 7) is 7.00. The van der Waals surface area contributed by atoms with Crippen LogP contribution in [0.3, 0.4) is 0 Å². The van der Waals surface area contributed by atoms with Crippen LogP contribution in [-0.4, -0.2) is 86.0 Å². The molecule has 3 N–H and O–H groups in total. The van der Waals surface area contributed by atoms with Crippen LogP contribution in [0.2, 0.25) is 0 Å². The van der Waals surface area contributed by atoms with Crippen molar-refractivity contribution in [3.63, 3.8) is 0 Å². The molecule has 0 bridgehead atoms. The SMILES string of the molecule is CN1CCN(CCNC(=O)N2CCC(C(C(N)=O)(c3ccccc3)c3ccccc3)CC2)CC1. The van der Waals surface area contributed by atoms with E-state index in [1.807, 2.05) is 65.6 Å². The lowest BCUT2D eigenvalue weighted by molar-refractivity contribution is -0.124. The van der Waals surface area contributed by atoms with E-state index in [2.05, 4.69) is 22.2 Å². The van der Waals surface area contributed by atoms with Crippen molar-refractivity contribution in [1.29, 1.82) is 0 Å². The van der Waals surface area contributed by atoms with Gasteiger partial charge in [-0.05, 0) is 36.9 Å². The number of piperidine rings is 1. The van der Waals surface area contributed by atoms with Gasteiger partial charge in [-0.15, -0.1) is 0 Å². The van der Waals surface area contributed by atoms with Crippen molar-refractivity contribution in [1.82, 2.24) is 20.0 Å². The standard InChI is InChI=1S/C27H37N5O2/c1-30-18-20-31(21-19-30)17-14-29-26(34)32-15-12-24(13-16-32)27(25(28)33,22-8-4-2-5-9-22)23-10-6-3-7-11-23/h2-11,24H,12-21H2,1H3,(H2,28,33)(H,29,34). The Kier molecular flexibility index (Phi) is 7.85. The van der Waals surface area contributed by atoms with Gasteiger partial charge in [-0.2, -0.15) is 0 Å². The third-order valence-corrected chi connectivity index (χ3v) is 7.54. The Labute approximate surface area is 202 Å². The van der Waals surface area contributed by atoms with Crippen molar-refractivity contribution in [2.45, 2.75) is 18.3 Å². The lowest BCUT2D eigenvalue weighted by Gasteiger charge is -2.43. The van der Waals surface area contributed by atoms with Crippen LogP contribution < -0.4 is 11.1 Å². The number of rotatable bonds is 7. The van der Waals surface area contributed by atoms with E-state index >= 15 is 0 Å². The summed E-state index contributed by atoms with van der Waals surface area (Å²) < 4.78 is 0. The van der Waals surface area contributed by atoms with Crippen LogP contribution in [0.25, 0.3) is 0 Å². The van der Waals surface area contributed by atoms with Gasteiger partial charge in [-0.25, -0.2) is 4.79 Å². The second-order valence-electron chi connectivity index (χ2n) is 9.54. The Morgan fingerprint density at radius 2 is 1.41 bits per heavy atom. The van der Waals surface area contributed by atoms with Gasteiger partial charge in [0.05, 0.1) is 0 Å². The molecule has 4 rings (SSSR count). The van der Waals surface area contributed by atoms with Crippen LogP contribution in [0.1, 0.15) is 24.0 Å². The van der Waals surface area contributed by atoms with Gasteiger partial charge in [-0.1, -0.05) is 60.7 Å². The number of benzene rings is 2. The fourth-order valence-corrected chi connectivity index (χ4v) is 5.55. The maximum absolute atomic E-state index is 13.2. The highest BCUT2D eigenvalue weighted by atomic mass is 16.2. The highest BCUT2D eigenvalue weighted by Gasteiger charge is 2.48. The zero-order valence-corrected chi connectivity index (χ0v) is 20.2. The highest BCUT2D eigenvalue weighted by molar-refractivity contribution is 5.91. The Bertz CT molecular complexity index is 897. The molecule has 7 heteroatoms.